The molecular weight excluding hydrogens is 240 g/mol. The van der Waals surface area contributed by atoms with Gasteiger partial charge in [-0.05, 0) is 32.6 Å². The highest BCUT2D eigenvalue weighted by Gasteiger charge is 2.26. The van der Waals surface area contributed by atoms with E-state index in [4.69, 9.17) is 5.73 Å². The molecule has 1 saturated carbocycles. The average Bonchev–Trinajstić information content (AvgIpc) is 2.84. The van der Waals surface area contributed by atoms with Gasteiger partial charge in [0.2, 0.25) is 5.91 Å². The van der Waals surface area contributed by atoms with E-state index >= 15 is 0 Å². The van der Waals surface area contributed by atoms with Crippen molar-refractivity contribution in [3.05, 3.63) is 17.0 Å². The number of hydrogen-bond donors (Lipinski definition) is 2. The molecule has 0 aromatic carbocycles. The van der Waals surface area contributed by atoms with Crippen LogP contribution in [0.2, 0.25) is 0 Å². The highest BCUT2D eigenvalue weighted by atomic mass is 16.1. The Bertz CT molecular complexity index is 466. The van der Waals surface area contributed by atoms with Crippen molar-refractivity contribution < 1.29 is 4.79 Å². The van der Waals surface area contributed by atoms with Crippen LogP contribution in [0.1, 0.15) is 42.6 Å². The summed E-state index contributed by atoms with van der Waals surface area (Å²) in [5, 5.41) is 7.34. The fraction of sp³-hybridized carbons (Fsp3) is 0.714. The summed E-state index contributed by atoms with van der Waals surface area (Å²) in [4.78, 5) is 12.0. The van der Waals surface area contributed by atoms with E-state index in [0.29, 0.717) is 18.9 Å². The molecule has 3 N–H and O–H groups in total. The van der Waals surface area contributed by atoms with E-state index in [1.165, 1.54) is 0 Å². The number of carbonyl (C=O) groups is 1. The summed E-state index contributed by atoms with van der Waals surface area (Å²) in [6.45, 7) is 4.56. The molecule has 0 saturated heterocycles. The minimum Gasteiger partial charge on any atom is -0.352 e. The monoisotopic (exact) mass is 264 g/mol. The lowest BCUT2D eigenvalue weighted by Crippen LogP contribution is -2.31. The second-order valence-electron chi connectivity index (χ2n) is 5.61. The maximum Gasteiger partial charge on any atom is 0.220 e. The number of nitrogens with one attached hydrogen (secondary N) is 1. The lowest BCUT2D eigenvalue weighted by molar-refractivity contribution is -0.122. The first-order chi connectivity index (χ1) is 8.99. The Morgan fingerprint density at radius 3 is 2.74 bits per heavy atom. The number of rotatable bonds is 4. The molecule has 106 valence electrons. The first-order valence-corrected chi connectivity index (χ1v) is 7.00. The summed E-state index contributed by atoms with van der Waals surface area (Å²) >= 11 is 0. The zero-order valence-electron chi connectivity index (χ0n) is 12.1. The van der Waals surface area contributed by atoms with Crippen molar-refractivity contribution in [3.63, 3.8) is 0 Å². The zero-order chi connectivity index (χ0) is 14.0. The molecule has 1 heterocycles. The predicted octanol–water partition coefficient (Wildman–Crippen LogP) is 1.17. The van der Waals surface area contributed by atoms with Gasteiger partial charge >= 0.3 is 0 Å². The SMILES string of the molecule is Cc1nn(C)c(C)c1CNC(=O)C[C@@H]1CCC[C@H]1N. The van der Waals surface area contributed by atoms with Crippen molar-refractivity contribution in [2.45, 2.75) is 52.1 Å². The summed E-state index contributed by atoms with van der Waals surface area (Å²) in [7, 11) is 1.92. The lowest BCUT2D eigenvalue weighted by atomic mass is 10.00. The minimum atomic E-state index is 0.102. The normalized spacial score (nSPS) is 22.7. The van der Waals surface area contributed by atoms with Crippen molar-refractivity contribution >= 4 is 5.91 Å². The van der Waals surface area contributed by atoms with Crippen LogP contribution in [0.5, 0.6) is 0 Å². The Labute approximate surface area is 114 Å². The van der Waals surface area contributed by atoms with Gasteiger partial charge in [0.1, 0.15) is 0 Å². The Balaban J connectivity index is 1.86. The molecule has 1 amide bonds. The summed E-state index contributed by atoms with van der Waals surface area (Å²) in [5.74, 6) is 0.459. The highest BCUT2D eigenvalue weighted by molar-refractivity contribution is 5.76. The molecule has 0 spiro atoms. The number of amides is 1. The van der Waals surface area contributed by atoms with Gasteiger partial charge in [0.15, 0.2) is 0 Å². The first kappa shape index (κ1) is 14.1. The molecule has 5 nitrogen and oxygen atoms in total. The quantitative estimate of drug-likeness (QED) is 0.857. The van der Waals surface area contributed by atoms with E-state index in [1.54, 1.807) is 0 Å². The summed E-state index contributed by atoms with van der Waals surface area (Å²) in [6, 6.07) is 0.201. The summed E-state index contributed by atoms with van der Waals surface area (Å²) in [6.07, 6.45) is 3.85. The second-order valence-corrected chi connectivity index (χ2v) is 5.61. The maximum absolute atomic E-state index is 12.0. The third-order valence-electron chi connectivity index (χ3n) is 4.29. The average molecular weight is 264 g/mol. The van der Waals surface area contributed by atoms with E-state index in [9.17, 15) is 4.79 Å². The molecule has 1 fully saturated rings. The van der Waals surface area contributed by atoms with Gasteiger partial charge in [-0.1, -0.05) is 6.42 Å². The van der Waals surface area contributed by atoms with Crippen molar-refractivity contribution in [2.24, 2.45) is 18.7 Å². The van der Waals surface area contributed by atoms with Crippen molar-refractivity contribution in [3.8, 4) is 0 Å². The van der Waals surface area contributed by atoms with Crippen LogP contribution in [0.4, 0.5) is 0 Å². The molecule has 19 heavy (non-hydrogen) atoms. The van der Waals surface area contributed by atoms with E-state index in [1.807, 2.05) is 25.6 Å². The molecule has 0 aliphatic heterocycles. The Morgan fingerprint density at radius 2 is 2.21 bits per heavy atom. The van der Waals surface area contributed by atoms with E-state index in [0.717, 1.165) is 36.2 Å². The fourth-order valence-corrected chi connectivity index (χ4v) is 2.89. The predicted molar refractivity (Wildman–Crippen MR) is 74.5 cm³/mol. The smallest absolute Gasteiger partial charge is 0.220 e. The van der Waals surface area contributed by atoms with Gasteiger partial charge in [0, 0.05) is 37.3 Å². The number of aryl methyl sites for hydroxylation is 2. The van der Waals surface area contributed by atoms with Gasteiger partial charge in [-0.25, -0.2) is 0 Å². The Morgan fingerprint density at radius 1 is 1.47 bits per heavy atom. The Hall–Kier alpha value is -1.36. The van der Waals surface area contributed by atoms with Gasteiger partial charge in [-0.2, -0.15) is 5.10 Å². The van der Waals surface area contributed by atoms with Crippen LogP contribution >= 0.6 is 0 Å². The van der Waals surface area contributed by atoms with Crippen molar-refractivity contribution in [1.29, 1.82) is 0 Å². The van der Waals surface area contributed by atoms with E-state index in [2.05, 4.69) is 10.4 Å². The molecule has 2 rings (SSSR count). The van der Waals surface area contributed by atoms with Crippen LogP contribution < -0.4 is 11.1 Å². The third kappa shape index (κ3) is 3.15. The van der Waals surface area contributed by atoms with Gasteiger partial charge in [-0.3, -0.25) is 9.48 Å². The number of hydrogen-bond acceptors (Lipinski definition) is 3. The van der Waals surface area contributed by atoms with Crippen LogP contribution in [0.25, 0.3) is 0 Å². The van der Waals surface area contributed by atoms with Gasteiger partial charge in [-0.15, -0.1) is 0 Å². The largest absolute Gasteiger partial charge is 0.352 e. The van der Waals surface area contributed by atoms with Gasteiger partial charge in [0.25, 0.3) is 0 Å². The Kier molecular flexibility index (Phi) is 4.24. The van der Waals surface area contributed by atoms with Crippen LogP contribution in [-0.4, -0.2) is 21.7 Å². The number of nitrogens with zero attached hydrogens (tertiary/aromatic N) is 2. The lowest BCUT2D eigenvalue weighted by Gasteiger charge is -2.14. The van der Waals surface area contributed by atoms with E-state index < -0.39 is 0 Å². The minimum absolute atomic E-state index is 0.102. The molecular formula is C14H24N4O. The second kappa shape index (κ2) is 5.74. The van der Waals surface area contributed by atoms with Crippen LogP contribution in [0.15, 0.2) is 0 Å². The summed E-state index contributed by atoms with van der Waals surface area (Å²) < 4.78 is 1.85. The molecule has 1 aliphatic rings. The zero-order valence-corrected chi connectivity index (χ0v) is 12.1. The third-order valence-corrected chi connectivity index (χ3v) is 4.29. The standard InChI is InChI=1S/C14H24N4O/c1-9-12(10(2)18(3)17-9)8-16-14(19)7-11-5-4-6-13(11)15/h11,13H,4-8,15H2,1-3H3,(H,16,19)/t11-,13+/m0/s1. The van der Waals surface area contributed by atoms with Gasteiger partial charge < -0.3 is 11.1 Å². The molecule has 5 heteroatoms. The molecule has 0 bridgehead atoms. The molecule has 2 atom stereocenters. The van der Waals surface area contributed by atoms with E-state index in [-0.39, 0.29) is 11.9 Å². The number of nitrogens with two attached hydrogens (primary N) is 1. The number of aromatic nitrogens is 2. The first-order valence-electron chi connectivity index (χ1n) is 7.00. The molecule has 1 aromatic rings. The molecule has 0 radical (unpaired) electrons. The van der Waals surface area contributed by atoms with Gasteiger partial charge in [0.05, 0.1) is 5.69 Å². The van der Waals surface area contributed by atoms with Crippen LogP contribution in [0, 0.1) is 19.8 Å². The van der Waals surface area contributed by atoms with Crippen molar-refractivity contribution in [2.75, 3.05) is 0 Å². The molecule has 1 aromatic heterocycles. The van der Waals surface area contributed by atoms with Crippen LogP contribution in [0.3, 0.4) is 0 Å². The molecule has 0 unspecified atom stereocenters. The fourth-order valence-electron chi connectivity index (χ4n) is 2.89. The maximum atomic E-state index is 12.0. The van der Waals surface area contributed by atoms with Crippen LogP contribution in [-0.2, 0) is 18.4 Å². The summed E-state index contributed by atoms with van der Waals surface area (Å²) in [5.41, 5.74) is 9.20. The topological polar surface area (TPSA) is 72.9 Å². The van der Waals surface area contributed by atoms with Crippen molar-refractivity contribution in [1.82, 2.24) is 15.1 Å². The highest BCUT2D eigenvalue weighted by Crippen LogP contribution is 2.26. The number of carbonyl (C=O) groups excluding carboxylic acids is 1. The molecule has 1 aliphatic carbocycles.